The Morgan fingerprint density at radius 2 is 1.95 bits per heavy atom. The lowest BCUT2D eigenvalue weighted by molar-refractivity contribution is 0.0696. The molecule has 1 aromatic carbocycles. The van der Waals surface area contributed by atoms with Gasteiger partial charge in [0.25, 0.3) is 5.91 Å². The van der Waals surface area contributed by atoms with Gasteiger partial charge < -0.3 is 15.5 Å². The fourth-order valence-electron chi connectivity index (χ4n) is 1.39. The molecule has 0 saturated heterocycles. The van der Waals surface area contributed by atoms with E-state index >= 15 is 0 Å². The van der Waals surface area contributed by atoms with Gasteiger partial charge in [0.1, 0.15) is 5.75 Å². The van der Waals surface area contributed by atoms with Crippen LogP contribution >= 0.6 is 22.9 Å². The van der Waals surface area contributed by atoms with Gasteiger partial charge in [-0.15, -0.1) is 11.3 Å². The first-order valence-corrected chi connectivity index (χ1v) is 6.30. The number of hydrogen-bond donors (Lipinski definition) is 3. The first-order valence-electron chi connectivity index (χ1n) is 5.10. The second kappa shape index (κ2) is 5.29. The van der Waals surface area contributed by atoms with Gasteiger partial charge in [0, 0.05) is 0 Å². The van der Waals surface area contributed by atoms with E-state index in [1.807, 2.05) is 0 Å². The number of carboxylic acid groups (broad SMARTS) is 1. The smallest absolute Gasteiger partial charge is 0.335 e. The number of rotatable bonds is 3. The van der Waals surface area contributed by atoms with Crippen LogP contribution < -0.4 is 5.32 Å². The molecular formula is C12H8ClNO4S. The number of anilines is 1. The number of carbonyl (C=O) groups excluding carboxylic acids is 1. The van der Waals surface area contributed by atoms with E-state index in [9.17, 15) is 14.7 Å². The Labute approximate surface area is 117 Å². The molecule has 3 N–H and O–H groups in total. The fourth-order valence-corrected chi connectivity index (χ4v) is 2.33. The number of amides is 1. The summed E-state index contributed by atoms with van der Waals surface area (Å²) in [6.07, 6.45) is 0. The van der Waals surface area contributed by atoms with Crippen LogP contribution in [0.4, 0.5) is 5.69 Å². The quantitative estimate of drug-likeness (QED) is 0.760. The zero-order valence-corrected chi connectivity index (χ0v) is 11.0. The number of carbonyl (C=O) groups is 2. The first kappa shape index (κ1) is 13.4. The molecular weight excluding hydrogens is 290 g/mol. The summed E-state index contributed by atoms with van der Waals surface area (Å²) in [5, 5.41) is 20.9. The molecule has 0 unspecified atom stereocenters. The monoisotopic (exact) mass is 297 g/mol. The summed E-state index contributed by atoms with van der Waals surface area (Å²) in [6, 6.07) is 6.84. The first-order chi connectivity index (χ1) is 8.97. The molecule has 0 aliphatic rings. The molecule has 98 valence electrons. The van der Waals surface area contributed by atoms with Crippen molar-refractivity contribution in [2.45, 2.75) is 0 Å². The van der Waals surface area contributed by atoms with Crippen molar-refractivity contribution in [3.8, 4) is 5.75 Å². The van der Waals surface area contributed by atoms with Crippen molar-refractivity contribution < 1.29 is 19.8 Å². The average Bonchev–Trinajstić information content (AvgIpc) is 2.78. The molecule has 1 aromatic heterocycles. The zero-order chi connectivity index (χ0) is 14.0. The van der Waals surface area contributed by atoms with Gasteiger partial charge in [-0.05, 0) is 30.3 Å². The second-order valence-electron chi connectivity index (χ2n) is 3.59. The van der Waals surface area contributed by atoms with E-state index in [1.165, 1.54) is 12.1 Å². The van der Waals surface area contributed by atoms with Gasteiger partial charge >= 0.3 is 5.97 Å². The molecule has 0 aliphatic carbocycles. The summed E-state index contributed by atoms with van der Waals surface area (Å²) in [5.74, 6) is -1.88. The summed E-state index contributed by atoms with van der Waals surface area (Å²) < 4.78 is 0.482. The van der Waals surface area contributed by atoms with Crippen LogP contribution in [0.25, 0.3) is 0 Å². The fraction of sp³-hybridized carbons (Fsp3) is 0. The van der Waals surface area contributed by atoms with Crippen LogP contribution in [0.1, 0.15) is 20.0 Å². The summed E-state index contributed by atoms with van der Waals surface area (Å²) >= 11 is 6.82. The number of carboxylic acids is 1. The number of hydrogen-bond acceptors (Lipinski definition) is 4. The number of halogens is 1. The highest BCUT2D eigenvalue weighted by molar-refractivity contribution is 7.18. The van der Waals surface area contributed by atoms with E-state index in [4.69, 9.17) is 16.7 Å². The topological polar surface area (TPSA) is 86.6 Å². The molecule has 2 rings (SSSR count). The number of nitrogens with one attached hydrogen (secondary N) is 1. The number of aromatic hydroxyl groups is 1. The van der Waals surface area contributed by atoms with E-state index < -0.39 is 11.9 Å². The van der Waals surface area contributed by atoms with Crippen molar-refractivity contribution in [3.05, 3.63) is 45.1 Å². The number of benzene rings is 1. The SMILES string of the molecule is O=C(O)c1ccc(NC(=O)c2ccc(Cl)s2)c(O)c1. The highest BCUT2D eigenvalue weighted by Gasteiger charge is 2.13. The molecule has 0 saturated carbocycles. The maximum Gasteiger partial charge on any atom is 0.335 e. The van der Waals surface area contributed by atoms with E-state index in [0.717, 1.165) is 17.4 Å². The molecule has 0 fully saturated rings. The van der Waals surface area contributed by atoms with Gasteiger partial charge in [0.05, 0.1) is 20.5 Å². The van der Waals surface area contributed by atoms with Gasteiger partial charge in [0.15, 0.2) is 0 Å². The summed E-state index contributed by atoms with van der Waals surface area (Å²) in [6.45, 7) is 0. The third kappa shape index (κ3) is 3.04. The maximum atomic E-state index is 11.8. The van der Waals surface area contributed by atoms with E-state index in [2.05, 4.69) is 5.32 Å². The van der Waals surface area contributed by atoms with Crippen LogP contribution in [0, 0.1) is 0 Å². The Kier molecular flexibility index (Phi) is 3.73. The van der Waals surface area contributed by atoms with Crippen molar-refractivity contribution in [1.82, 2.24) is 0 Å². The lowest BCUT2D eigenvalue weighted by Crippen LogP contribution is -2.10. The summed E-state index contributed by atoms with van der Waals surface area (Å²) in [4.78, 5) is 22.9. The minimum atomic E-state index is -1.15. The standard InChI is InChI=1S/C12H8ClNO4S/c13-10-4-3-9(19-10)11(16)14-7-2-1-6(12(17)18)5-8(7)15/h1-5,15H,(H,14,16)(H,17,18). The lowest BCUT2D eigenvalue weighted by atomic mass is 10.2. The molecule has 19 heavy (non-hydrogen) atoms. The van der Waals surface area contributed by atoms with Crippen LogP contribution in [0.15, 0.2) is 30.3 Å². The maximum absolute atomic E-state index is 11.8. The predicted octanol–water partition coefficient (Wildman–Crippen LogP) is 3.06. The van der Waals surface area contributed by atoms with E-state index in [-0.39, 0.29) is 17.0 Å². The lowest BCUT2D eigenvalue weighted by Gasteiger charge is -2.06. The summed E-state index contributed by atoms with van der Waals surface area (Å²) in [5.41, 5.74) is 0.0780. The van der Waals surface area contributed by atoms with Crippen LogP contribution in [-0.2, 0) is 0 Å². The molecule has 5 nitrogen and oxygen atoms in total. The minimum absolute atomic E-state index is 0.0605. The molecule has 0 atom stereocenters. The van der Waals surface area contributed by atoms with Crippen molar-refractivity contribution in [3.63, 3.8) is 0 Å². The van der Waals surface area contributed by atoms with Crippen LogP contribution in [-0.4, -0.2) is 22.1 Å². The molecule has 0 spiro atoms. The molecule has 1 amide bonds. The molecule has 0 radical (unpaired) electrons. The predicted molar refractivity (Wildman–Crippen MR) is 72.3 cm³/mol. The van der Waals surface area contributed by atoms with Gasteiger partial charge in [0.2, 0.25) is 0 Å². The molecule has 0 aliphatic heterocycles. The third-order valence-electron chi connectivity index (χ3n) is 2.29. The highest BCUT2D eigenvalue weighted by atomic mass is 35.5. The van der Waals surface area contributed by atoms with Crippen molar-refractivity contribution in [1.29, 1.82) is 0 Å². The van der Waals surface area contributed by atoms with E-state index in [0.29, 0.717) is 9.21 Å². The number of aromatic carboxylic acids is 1. The van der Waals surface area contributed by atoms with Gasteiger partial charge in [-0.25, -0.2) is 4.79 Å². The number of thiophene rings is 1. The van der Waals surface area contributed by atoms with Crippen LogP contribution in [0.2, 0.25) is 4.34 Å². The summed E-state index contributed by atoms with van der Waals surface area (Å²) in [7, 11) is 0. The Morgan fingerprint density at radius 1 is 1.21 bits per heavy atom. The molecule has 0 bridgehead atoms. The Balaban J connectivity index is 2.20. The number of phenolic OH excluding ortho intramolecular Hbond substituents is 1. The van der Waals surface area contributed by atoms with Gasteiger partial charge in [-0.2, -0.15) is 0 Å². The van der Waals surface area contributed by atoms with Crippen LogP contribution in [0.5, 0.6) is 5.75 Å². The normalized spacial score (nSPS) is 10.2. The van der Waals surface area contributed by atoms with Crippen molar-refractivity contribution >= 4 is 40.5 Å². The van der Waals surface area contributed by atoms with E-state index in [1.54, 1.807) is 12.1 Å². The van der Waals surface area contributed by atoms with Crippen molar-refractivity contribution in [2.75, 3.05) is 5.32 Å². The van der Waals surface area contributed by atoms with Crippen molar-refractivity contribution in [2.24, 2.45) is 0 Å². The largest absolute Gasteiger partial charge is 0.506 e. The average molecular weight is 298 g/mol. The second-order valence-corrected chi connectivity index (χ2v) is 5.31. The van der Waals surface area contributed by atoms with Gasteiger partial charge in [-0.3, -0.25) is 4.79 Å². The Bertz CT molecular complexity index is 653. The Hall–Kier alpha value is -2.05. The molecule has 2 aromatic rings. The Morgan fingerprint density at radius 3 is 2.47 bits per heavy atom. The van der Waals surface area contributed by atoms with Gasteiger partial charge in [-0.1, -0.05) is 11.6 Å². The molecule has 1 heterocycles. The third-order valence-corrected chi connectivity index (χ3v) is 3.52. The minimum Gasteiger partial charge on any atom is -0.506 e. The highest BCUT2D eigenvalue weighted by Crippen LogP contribution is 2.27. The van der Waals surface area contributed by atoms with Crippen LogP contribution in [0.3, 0.4) is 0 Å². The zero-order valence-electron chi connectivity index (χ0n) is 9.38. The number of phenols is 1. The molecule has 7 heteroatoms.